The highest BCUT2D eigenvalue weighted by atomic mass is 19.1. The van der Waals surface area contributed by atoms with E-state index in [2.05, 4.69) is 0 Å². The molecule has 0 aromatic heterocycles. The summed E-state index contributed by atoms with van der Waals surface area (Å²) in [7, 11) is 0. The van der Waals surface area contributed by atoms with Gasteiger partial charge in [0.05, 0.1) is 18.8 Å². The van der Waals surface area contributed by atoms with Crippen LogP contribution in [0, 0.1) is 5.82 Å². The van der Waals surface area contributed by atoms with Gasteiger partial charge >= 0.3 is 0 Å². The summed E-state index contributed by atoms with van der Waals surface area (Å²) in [6.45, 7) is 3.80. The van der Waals surface area contributed by atoms with Crippen LogP contribution in [-0.4, -0.2) is 31.5 Å². The van der Waals surface area contributed by atoms with Gasteiger partial charge in [-0.25, -0.2) is 4.39 Å². The fourth-order valence-electron chi connectivity index (χ4n) is 3.02. The van der Waals surface area contributed by atoms with Crippen LogP contribution in [0.15, 0.2) is 18.2 Å². The molecule has 2 saturated heterocycles. The maximum Gasteiger partial charge on any atom is 0.165 e. The van der Waals surface area contributed by atoms with Crippen molar-refractivity contribution >= 4 is 0 Å². The van der Waals surface area contributed by atoms with E-state index in [4.69, 9.17) is 19.9 Å². The zero-order chi connectivity index (χ0) is 14.9. The second kappa shape index (κ2) is 5.91. The van der Waals surface area contributed by atoms with Crippen molar-refractivity contribution in [2.75, 3.05) is 19.8 Å². The van der Waals surface area contributed by atoms with Crippen molar-refractivity contribution in [3.05, 3.63) is 29.6 Å². The fourth-order valence-corrected chi connectivity index (χ4v) is 3.02. The van der Waals surface area contributed by atoms with Crippen molar-refractivity contribution in [1.29, 1.82) is 0 Å². The van der Waals surface area contributed by atoms with Gasteiger partial charge in [0.1, 0.15) is 6.10 Å². The molecule has 2 aliphatic rings. The molecule has 0 aliphatic carbocycles. The molecule has 0 saturated carbocycles. The molecule has 1 spiro atoms. The van der Waals surface area contributed by atoms with Gasteiger partial charge < -0.3 is 19.9 Å². The molecule has 3 unspecified atom stereocenters. The number of hydrogen-bond acceptors (Lipinski definition) is 4. The van der Waals surface area contributed by atoms with Crippen molar-refractivity contribution < 1.29 is 18.6 Å². The number of nitrogens with two attached hydrogens (primary N) is 1. The van der Waals surface area contributed by atoms with Gasteiger partial charge in [0.15, 0.2) is 11.6 Å². The molecule has 2 aliphatic heterocycles. The predicted molar refractivity (Wildman–Crippen MR) is 76.8 cm³/mol. The summed E-state index contributed by atoms with van der Waals surface area (Å²) >= 11 is 0. The minimum absolute atomic E-state index is 0.0314. The Morgan fingerprint density at radius 1 is 1.43 bits per heavy atom. The van der Waals surface area contributed by atoms with Gasteiger partial charge in [0.25, 0.3) is 0 Å². The normalized spacial score (nSPS) is 30.5. The Kier molecular flexibility index (Phi) is 4.15. The molecule has 4 nitrogen and oxygen atoms in total. The van der Waals surface area contributed by atoms with E-state index in [0.717, 1.165) is 31.4 Å². The Balaban J connectivity index is 1.68. The first-order valence-electron chi connectivity index (χ1n) is 7.51. The summed E-state index contributed by atoms with van der Waals surface area (Å²) in [6, 6.07) is 4.75. The van der Waals surface area contributed by atoms with E-state index in [-0.39, 0.29) is 23.6 Å². The number of halogens is 1. The van der Waals surface area contributed by atoms with Crippen molar-refractivity contribution in [3.63, 3.8) is 0 Å². The molecule has 21 heavy (non-hydrogen) atoms. The van der Waals surface area contributed by atoms with Gasteiger partial charge in [-0.2, -0.15) is 0 Å². The average Bonchev–Trinajstić information content (AvgIpc) is 2.89. The Bertz CT molecular complexity index is 500. The SMILES string of the molecule is CC(N)c1ccc(OC2CCOC3(CCOC3)C2)c(F)c1. The van der Waals surface area contributed by atoms with Gasteiger partial charge in [0.2, 0.25) is 0 Å². The van der Waals surface area contributed by atoms with Gasteiger partial charge in [-0.1, -0.05) is 6.07 Å². The highest BCUT2D eigenvalue weighted by Crippen LogP contribution is 2.35. The van der Waals surface area contributed by atoms with Crippen LogP contribution in [0.2, 0.25) is 0 Å². The number of rotatable bonds is 3. The summed E-state index contributed by atoms with van der Waals surface area (Å²) in [6.07, 6.45) is 2.38. The summed E-state index contributed by atoms with van der Waals surface area (Å²) in [5.41, 5.74) is 6.30. The Morgan fingerprint density at radius 2 is 2.29 bits per heavy atom. The van der Waals surface area contributed by atoms with Crippen molar-refractivity contribution in [2.45, 2.75) is 43.9 Å². The smallest absolute Gasteiger partial charge is 0.165 e. The molecule has 0 amide bonds. The average molecular weight is 295 g/mol. The predicted octanol–water partition coefficient (Wildman–Crippen LogP) is 2.56. The lowest BCUT2D eigenvalue weighted by Crippen LogP contribution is -2.44. The highest BCUT2D eigenvalue weighted by molar-refractivity contribution is 5.31. The summed E-state index contributed by atoms with van der Waals surface area (Å²) in [5.74, 6) is -0.0617. The third-order valence-electron chi connectivity index (χ3n) is 4.29. The van der Waals surface area contributed by atoms with E-state index < -0.39 is 0 Å². The first-order valence-corrected chi connectivity index (χ1v) is 7.51. The molecule has 116 valence electrons. The van der Waals surface area contributed by atoms with Crippen molar-refractivity contribution in [1.82, 2.24) is 0 Å². The number of benzene rings is 1. The Morgan fingerprint density at radius 3 is 2.95 bits per heavy atom. The second-order valence-electron chi connectivity index (χ2n) is 6.05. The third kappa shape index (κ3) is 3.20. The largest absolute Gasteiger partial charge is 0.487 e. The number of hydrogen-bond donors (Lipinski definition) is 1. The maximum absolute atomic E-state index is 14.1. The van der Waals surface area contributed by atoms with E-state index in [1.807, 2.05) is 13.0 Å². The van der Waals surface area contributed by atoms with Crippen LogP contribution in [-0.2, 0) is 9.47 Å². The van der Waals surface area contributed by atoms with Crippen LogP contribution >= 0.6 is 0 Å². The molecule has 0 bridgehead atoms. The molecular weight excluding hydrogens is 273 g/mol. The molecule has 2 heterocycles. The zero-order valence-electron chi connectivity index (χ0n) is 12.3. The van der Waals surface area contributed by atoms with Gasteiger partial charge in [0, 0.05) is 31.9 Å². The van der Waals surface area contributed by atoms with Gasteiger partial charge in [-0.3, -0.25) is 0 Å². The summed E-state index contributed by atoms with van der Waals surface area (Å²) in [4.78, 5) is 0. The molecule has 3 rings (SSSR count). The third-order valence-corrected chi connectivity index (χ3v) is 4.29. The monoisotopic (exact) mass is 295 g/mol. The highest BCUT2D eigenvalue weighted by Gasteiger charge is 2.41. The first kappa shape index (κ1) is 14.8. The molecule has 2 fully saturated rings. The van der Waals surface area contributed by atoms with E-state index >= 15 is 0 Å². The topological polar surface area (TPSA) is 53.7 Å². The quantitative estimate of drug-likeness (QED) is 0.931. The molecule has 1 aromatic carbocycles. The molecular formula is C16H22FNO3. The maximum atomic E-state index is 14.1. The second-order valence-corrected chi connectivity index (χ2v) is 6.05. The van der Waals surface area contributed by atoms with E-state index in [1.54, 1.807) is 6.07 Å². The lowest BCUT2D eigenvalue weighted by molar-refractivity contribution is -0.112. The molecule has 3 atom stereocenters. The standard InChI is InChI=1S/C16H22FNO3/c1-11(18)12-2-3-15(14(17)8-12)21-13-4-6-20-16(9-13)5-7-19-10-16/h2-3,8,11,13H,4-7,9-10,18H2,1H3. The van der Waals surface area contributed by atoms with Crippen LogP contribution < -0.4 is 10.5 Å². The Labute approximate surface area is 124 Å². The lowest BCUT2D eigenvalue weighted by Gasteiger charge is -2.37. The summed E-state index contributed by atoms with van der Waals surface area (Å²) in [5, 5.41) is 0. The van der Waals surface area contributed by atoms with E-state index in [0.29, 0.717) is 19.0 Å². The summed E-state index contributed by atoms with van der Waals surface area (Å²) < 4.78 is 31.2. The van der Waals surface area contributed by atoms with Crippen LogP contribution in [0.5, 0.6) is 5.75 Å². The van der Waals surface area contributed by atoms with Crippen molar-refractivity contribution in [2.24, 2.45) is 5.73 Å². The molecule has 1 aromatic rings. The van der Waals surface area contributed by atoms with Crippen LogP contribution in [0.3, 0.4) is 0 Å². The number of ether oxygens (including phenoxy) is 3. The zero-order valence-corrected chi connectivity index (χ0v) is 12.3. The molecule has 2 N–H and O–H groups in total. The fraction of sp³-hybridized carbons (Fsp3) is 0.625. The molecule has 0 radical (unpaired) electrons. The lowest BCUT2D eigenvalue weighted by atomic mass is 9.91. The first-order chi connectivity index (χ1) is 10.1. The van der Waals surface area contributed by atoms with Crippen LogP contribution in [0.1, 0.15) is 37.8 Å². The molecule has 5 heteroatoms. The van der Waals surface area contributed by atoms with Gasteiger partial charge in [-0.15, -0.1) is 0 Å². The van der Waals surface area contributed by atoms with Crippen LogP contribution in [0.25, 0.3) is 0 Å². The van der Waals surface area contributed by atoms with E-state index in [1.165, 1.54) is 6.07 Å². The van der Waals surface area contributed by atoms with Crippen LogP contribution in [0.4, 0.5) is 4.39 Å². The minimum Gasteiger partial charge on any atom is -0.487 e. The minimum atomic E-state index is -0.354. The van der Waals surface area contributed by atoms with E-state index in [9.17, 15) is 4.39 Å². The van der Waals surface area contributed by atoms with Gasteiger partial charge in [-0.05, 0) is 24.6 Å². The van der Waals surface area contributed by atoms with Crippen molar-refractivity contribution in [3.8, 4) is 5.75 Å². The Hall–Kier alpha value is -1.17.